The van der Waals surface area contributed by atoms with Gasteiger partial charge in [0, 0.05) is 5.56 Å². The zero-order valence-electron chi connectivity index (χ0n) is 9.18. The van der Waals surface area contributed by atoms with Gasteiger partial charge in [-0.25, -0.2) is 0 Å². The highest BCUT2D eigenvalue weighted by atomic mass is 32.1. The van der Waals surface area contributed by atoms with Crippen LogP contribution in [0.5, 0.6) is 0 Å². The SMILES string of the molecule is Nc1[nH]nc2nc(NC(=O)c3ccccc3)sc12. The van der Waals surface area contributed by atoms with Gasteiger partial charge in [0.25, 0.3) is 5.91 Å². The fourth-order valence-electron chi connectivity index (χ4n) is 1.54. The number of amides is 1. The highest BCUT2D eigenvalue weighted by molar-refractivity contribution is 7.22. The Kier molecular flexibility index (Phi) is 2.45. The van der Waals surface area contributed by atoms with Crippen molar-refractivity contribution in [1.82, 2.24) is 15.2 Å². The number of nitrogens with two attached hydrogens (primary N) is 1. The molecule has 0 saturated carbocycles. The van der Waals surface area contributed by atoms with Crippen LogP contribution in [-0.4, -0.2) is 21.1 Å². The number of hydrogen-bond acceptors (Lipinski definition) is 5. The number of anilines is 2. The smallest absolute Gasteiger partial charge is 0.257 e. The lowest BCUT2D eigenvalue weighted by Crippen LogP contribution is -2.11. The van der Waals surface area contributed by atoms with Crippen LogP contribution in [0.15, 0.2) is 30.3 Å². The van der Waals surface area contributed by atoms with Crippen molar-refractivity contribution in [3.05, 3.63) is 35.9 Å². The molecule has 1 amide bonds. The molecule has 1 aromatic carbocycles. The van der Waals surface area contributed by atoms with E-state index >= 15 is 0 Å². The van der Waals surface area contributed by atoms with Gasteiger partial charge in [-0.1, -0.05) is 29.5 Å². The Morgan fingerprint density at radius 3 is 2.83 bits per heavy atom. The lowest BCUT2D eigenvalue weighted by Gasteiger charge is -2.00. The van der Waals surface area contributed by atoms with Gasteiger partial charge in [0.05, 0.1) is 0 Å². The Bertz CT molecular complexity index is 703. The minimum Gasteiger partial charge on any atom is -0.383 e. The molecule has 2 aromatic heterocycles. The maximum atomic E-state index is 11.9. The molecule has 0 saturated heterocycles. The number of benzene rings is 1. The van der Waals surface area contributed by atoms with Crippen LogP contribution in [0.3, 0.4) is 0 Å². The van der Waals surface area contributed by atoms with E-state index in [-0.39, 0.29) is 5.91 Å². The number of rotatable bonds is 2. The minimum absolute atomic E-state index is 0.199. The van der Waals surface area contributed by atoms with Gasteiger partial charge >= 0.3 is 0 Å². The van der Waals surface area contributed by atoms with E-state index in [0.29, 0.717) is 22.2 Å². The van der Waals surface area contributed by atoms with Crippen LogP contribution < -0.4 is 11.1 Å². The second kappa shape index (κ2) is 4.11. The van der Waals surface area contributed by atoms with Crippen LogP contribution in [0, 0.1) is 0 Å². The number of nitrogens with one attached hydrogen (secondary N) is 2. The zero-order chi connectivity index (χ0) is 12.5. The Balaban J connectivity index is 1.86. The normalized spacial score (nSPS) is 10.7. The van der Waals surface area contributed by atoms with Gasteiger partial charge in [-0.05, 0) is 12.1 Å². The molecule has 3 rings (SSSR count). The molecule has 0 aliphatic rings. The van der Waals surface area contributed by atoms with Crippen molar-refractivity contribution >= 4 is 38.5 Å². The molecule has 0 radical (unpaired) electrons. The molecule has 0 atom stereocenters. The summed E-state index contributed by atoms with van der Waals surface area (Å²) in [4.78, 5) is 16.1. The summed E-state index contributed by atoms with van der Waals surface area (Å²) in [5.74, 6) is 0.261. The van der Waals surface area contributed by atoms with E-state index in [4.69, 9.17) is 5.73 Å². The number of aromatic nitrogens is 3. The van der Waals surface area contributed by atoms with Gasteiger partial charge in [-0.3, -0.25) is 15.2 Å². The molecule has 0 spiro atoms. The van der Waals surface area contributed by atoms with Crippen LogP contribution in [-0.2, 0) is 0 Å². The van der Waals surface area contributed by atoms with E-state index in [9.17, 15) is 4.79 Å². The molecule has 6 nitrogen and oxygen atoms in total. The summed E-state index contributed by atoms with van der Waals surface area (Å²) >= 11 is 1.29. The Morgan fingerprint density at radius 2 is 2.11 bits per heavy atom. The third-order valence-electron chi connectivity index (χ3n) is 2.39. The van der Waals surface area contributed by atoms with Crippen molar-refractivity contribution in [3.63, 3.8) is 0 Å². The van der Waals surface area contributed by atoms with Gasteiger partial charge in [0.1, 0.15) is 10.5 Å². The molecule has 0 fully saturated rings. The fourth-order valence-corrected chi connectivity index (χ4v) is 2.35. The predicted octanol–water partition coefficient (Wildman–Crippen LogP) is 1.85. The molecule has 4 N–H and O–H groups in total. The van der Waals surface area contributed by atoms with Crippen LogP contribution in [0.4, 0.5) is 10.9 Å². The van der Waals surface area contributed by atoms with Gasteiger partial charge < -0.3 is 5.73 Å². The number of nitrogen functional groups attached to an aromatic ring is 1. The van der Waals surface area contributed by atoms with Crippen molar-refractivity contribution in [2.75, 3.05) is 11.1 Å². The van der Waals surface area contributed by atoms with Crippen molar-refractivity contribution in [1.29, 1.82) is 0 Å². The molecule has 3 aromatic rings. The van der Waals surface area contributed by atoms with Crippen molar-refractivity contribution < 1.29 is 4.79 Å². The van der Waals surface area contributed by atoms with Crippen molar-refractivity contribution in [2.45, 2.75) is 0 Å². The molecule has 18 heavy (non-hydrogen) atoms. The Hall–Kier alpha value is -2.41. The maximum absolute atomic E-state index is 11.9. The van der Waals surface area contributed by atoms with Crippen LogP contribution in [0.25, 0.3) is 10.3 Å². The second-order valence-corrected chi connectivity index (χ2v) is 4.63. The summed E-state index contributed by atoms with van der Waals surface area (Å²) in [6, 6.07) is 8.95. The van der Waals surface area contributed by atoms with Crippen LogP contribution >= 0.6 is 11.3 Å². The molecule has 0 bridgehead atoms. The van der Waals surface area contributed by atoms with E-state index in [1.165, 1.54) is 11.3 Å². The lowest BCUT2D eigenvalue weighted by atomic mass is 10.2. The average Bonchev–Trinajstić information content (AvgIpc) is 2.93. The molecule has 90 valence electrons. The second-order valence-electron chi connectivity index (χ2n) is 3.63. The van der Waals surface area contributed by atoms with Gasteiger partial charge in [0.2, 0.25) is 0 Å². The summed E-state index contributed by atoms with van der Waals surface area (Å²) in [5.41, 5.74) is 6.77. The third kappa shape index (κ3) is 1.80. The summed E-state index contributed by atoms with van der Waals surface area (Å²) in [6.07, 6.45) is 0. The number of fused-ring (bicyclic) bond motifs is 1. The number of nitrogens with zero attached hydrogens (tertiary/aromatic N) is 2. The molecule has 2 heterocycles. The summed E-state index contributed by atoms with van der Waals surface area (Å²) in [6.45, 7) is 0. The summed E-state index contributed by atoms with van der Waals surface area (Å²) in [7, 11) is 0. The largest absolute Gasteiger partial charge is 0.383 e. The van der Waals surface area contributed by atoms with Crippen LogP contribution in [0.2, 0.25) is 0 Å². The first kappa shape index (κ1) is 10.7. The van der Waals surface area contributed by atoms with Crippen molar-refractivity contribution in [2.24, 2.45) is 0 Å². The molecular formula is C11H9N5OS. The van der Waals surface area contributed by atoms with E-state index in [0.717, 1.165) is 4.70 Å². The van der Waals surface area contributed by atoms with E-state index in [1.54, 1.807) is 12.1 Å². The van der Waals surface area contributed by atoms with Crippen molar-refractivity contribution in [3.8, 4) is 0 Å². The van der Waals surface area contributed by atoms with E-state index in [2.05, 4.69) is 20.5 Å². The predicted molar refractivity (Wildman–Crippen MR) is 70.6 cm³/mol. The molecule has 0 aliphatic heterocycles. The Morgan fingerprint density at radius 1 is 1.33 bits per heavy atom. The Labute approximate surface area is 106 Å². The van der Waals surface area contributed by atoms with Gasteiger partial charge in [-0.15, -0.1) is 0 Å². The zero-order valence-corrected chi connectivity index (χ0v) is 9.99. The van der Waals surface area contributed by atoms with E-state index < -0.39 is 0 Å². The number of aromatic amines is 1. The third-order valence-corrected chi connectivity index (χ3v) is 3.39. The molecule has 0 unspecified atom stereocenters. The summed E-state index contributed by atoms with van der Waals surface area (Å²) in [5, 5.41) is 9.76. The number of hydrogen-bond donors (Lipinski definition) is 3. The minimum atomic E-state index is -0.199. The first-order valence-corrected chi connectivity index (χ1v) is 6.02. The highest BCUT2D eigenvalue weighted by Gasteiger charge is 2.12. The number of H-pyrrole nitrogens is 1. The van der Waals surface area contributed by atoms with Gasteiger partial charge in [0.15, 0.2) is 10.8 Å². The average molecular weight is 259 g/mol. The summed E-state index contributed by atoms with van der Waals surface area (Å²) < 4.78 is 0.748. The van der Waals surface area contributed by atoms with E-state index in [1.807, 2.05) is 18.2 Å². The monoisotopic (exact) mass is 259 g/mol. The number of carbonyl (C=O) groups excluding carboxylic acids is 1. The fraction of sp³-hybridized carbons (Fsp3) is 0. The molecule has 7 heteroatoms. The maximum Gasteiger partial charge on any atom is 0.257 e. The topological polar surface area (TPSA) is 96.7 Å². The first-order valence-electron chi connectivity index (χ1n) is 5.21. The molecule has 0 aliphatic carbocycles. The lowest BCUT2D eigenvalue weighted by molar-refractivity contribution is 0.102. The number of thiazole rings is 1. The quantitative estimate of drug-likeness (QED) is 0.654. The molecular weight excluding hydrogens is 250 g/mol. The highest BCUT2D eigenvalue weighted by Crippen LogP contribution is 2.28. The van der Waals surface area contributed by atoms with Crippen LogP contribution in [0.1, 0.15) is 10.4 Å². The van der Waals surface area contributed by atoms with Gasteiger partial charge in [-0.2, -0.15) is 10.1 Å². The first-order chi connectivity index (χ1) is 8.74. The number of carbonyl (C=O) groups is 1. The standard InChI is InChI=1S/C11H9N5OS/c12-8-7-9(16-15-8)13-11(18-7)14-10(17)6-4-2-1-3-5-6/h1-5H,(H4,12,13,14,15,16,17).